The van der Waals surface area contributed by atoms with E-state index in [4.69, 9.17) is 19.2 Å². The summed E-state index contributed by atoms with van der Waals surface area (Å²) in [5.74, 6) is 1.68. The quantitative estimate of drug-likeness (QED) is 0.307. The monoisotopic (exact) mass is 522 g/mol. The Bertz CT molecular complexity index is 1260. The minimum absolute atomic E-state index is 0.328. The number of hydrogen-bond donors (Lipinski definition) is 1. The molecule has 0 bridgehead atoms. The maximum atomic E-state index is 10.1. The van der Waals surface area contributed by atoms with Crippen LogP contribution in [-0.4, -0.2) is 63.6 Å². The van der Waals surface area contributed by atoms with E-state index in [0.29, 0.717) is 65.5 Å². The van der Waals surface area contributed by atoms with Crippen LogP contribution in [-0.2, 0) is 15.2 Å². The van der Waals surface area contributed by atoms with Gasteiger partial charge in [0.15, 0.2) is 5.13 Å². The van der Waals surface area contributed by atoms with Crippen LogP contribution in [0.4, 0.5) is 10.9 Å². The highest BCUT2D eigenvalue weighted by Gasteiger charge is 2.22. The summed E-state index contributed by atoms with van der Waals surface area (Å²) in [7, 11) is 3.34. The Hall–Kier alpha value is -3.35. The van der Waals surface area contributed by atoms with E-state index in [1.807, 2.05) is 29.6 Å². The zero-order valence-electron chi connectivity index (χ0n) is 20.1. The van der Waals surface area contributed by atoms with Gasteiger partial charge < -0.3 is 24.4 Å². The van der Waals surface area contributed by atoms with Crippen LogP contribution in [0.1, 0.15) is 16.8 Å². The minimum atomic E-state index is 0.328. The maximum Gasteiger partial charge on any atom is 0.185 e. The van der Waals surface area contributed by atoms with Gasteiger partial charge in [-0.25, -0.2) is 9.97 Å². The Labute approximate surface area is 218 Å². The second-order valence-corrected chi connectivity index (χ2v) is 9.54. The Kier molecular flexibility index (Phi) is 8.98. The number of thiazole rings is 1. The number of ether oxygens (including phenoxy) is 3. The number of hydrogen-bond acceptors (Lipinski definition) is 11. The van der Waals surface area contributed by atoms with Crippen LogP contribution in [0, 0.1) is 22.7 Å². The predicted octanol–water partition coefficient (Wildman–Crippen LogP) is 4.14. The molecule has 3 heterocycles. The van der Waals surface area contributed by atoms with Gasteiger partial charge >= 0.3 is 0 Å². The molecule has 1 aliphatic heterocycles. The molecule has 0 amide bonds. The van der Waals surface area contributed by atoms with Gasteiger partial charge in [-0.1, -0.05) is 23.9 Å². The van der Waals surface area contributed by atoms with Gasteiger partial charge in [0.1, 0.15) is 40.9 Å². The molecule has 1 saturated heterocycles. The molecule has 4 rings (SSSR count). The highest BCUT2D eigenvalue weighted by molar-refractivity contribution is 7.98. The number of methoxy groups -OCH3 is 1. The van der Waals surface area contributed by atoms with E-state index in [9.17, 15) is 10.5 Å². The van der Waals surface area contributed by atoms with Crippen molar-refractivity contribution in [3.8, 4) is 29.0 Å². The lowest BCUT2D eigenvalue weighted by Crippen LogP contribution is -2.36. The molecule has 0 saturated carbocycles. The van der Waals surface area contributed by atoms with E-state index in [0.717, 1.165) is 29.5 Å². The first kappa shape index (κ1) is 25.7. The summed E-state index contributed by atoms with van der Waals surface area (Å²) in [6.45, 7) is 4.01. The summed E-state index contributed by atoms with van der Waals surface area (Å²) in [5, 5.41) is 26.6. The zero-order valence-corrected chi connectivity index (χ0v) is 21.7. The van der Waals surface area contributed by atoms with E-state index in [2.05, 4.69) is 27.3 Å². The molecule has 1 fully saturated rings. The minimum Gasteiger partial charge on any atom is -0.491 e. The van der Waals surface area contributed by atoms with Crippen LogP contribution in [0.25, 0.3) is 11.1 Å². The molecule has 11 heteroatoms. The van der Waals surface area contributed by atoms with E-state index >= 15 is 0 Å². The summed E-state index contributed by atoms with van der Waals surface area (Å²) in [6, 6.07) is 11.9. The molecular weight excluding hydrogens is 496 g/mol. The van der Waals surface area contributed by atoms with E-state index in [1.54, 1.807) is 25.5 Å². The standard InChI is InChI=1S/C25H26N6O3S2/c1-28-23-20(13-26)22(17-3-5-19(6-4-17)34-12-11-32-2)21(14-27)24(30-23)35-15-18-16-36-25(29-18)31-7-9-33-10-8-31/h3-6,16H,7-12,15H2,1-2H3,(H,28,30). The number of thioether (sulfide) groups is 1. The smallest absolute Gasteiger partial charge is 0.185 e. The van der Waals surface area contributed by atoms with Crippen LogP contribution in [0.5, 0.6) is 5.75 Å². The Morgan fingerprint density at radius 1 is 1.11 bits per heavy atom. The number of benzene rings is 1. The number of rotatable bonds is 10. The molecule has 1 aromatic carbocycles. The summed E-state index contributed by atoms with van der Waals surface area (Å²) >= 11 is 3.05. The van der Waals surface area contributed by atoms with Gasteiger partial charge in [-0.05, 0) is 17.7 Å². The van der Waals surface area contributed by atoms with Crippen molar-refractivity contribution in [1.82, 2.24) is 9.97 Å². The maximum absolute atomic E-state index is 10.1. The number of anilines is 2. The Morgan fingerprint density at radius 2 is 1.86 bits per heavy atom. The number of aromatic nitrogens is 2. The number of nitrogens with one attached hydrogen (secondary N) is 1. The van der Waals surface area contributed by atoms with Gasteiger partial charge in [0.25, 0.3) is 0 Å². The van der Waals surface area contributed by atoms with Gasteiger partial charge in [-0.3, -0.25) is 0 Å². The first-order valence-electron chi connectivity index (χ1n) is 11.4. The zero-order chi connectivity index (χ0) is 25.3. The molecule has 36 heavy (non-hydrogen) atoms. The highest BCUT2D eigenvalue weighted by Crippen LogP contribution is 2.38. The third-order valence-electron chi connectivity index (χ3n) is 5.50. The number of pyridine rings is 1. The lowest BCUT2D eigenvalue weighted by molar-refractivity contribution is 0.122. The van der Waals surface area contributed by atoms with E-state index < -0.39 is 0 Å². The van der Waals surface area contributed by atoms with Crippen molar-refractivity contribution >= 4 is 34.0 Å². The average molecular weight is 523 g/mol. The lowest BCUT2D eigenvalue weighted by Gasteiger charge is -2.26. The molecule has 9 nitrogen and oxygen atoms in total. The van der Waals surface area contributed by atoms with Crippen molar-refractivity contribution in [2.45, 2.75) is 10.8 Å². The molecular formula is C25H26N6O3S2. The van der Waals surface area contributed by atoms with Gasteiger partial charge in [0.2, 0.25) is 0 Å². The van der Waals surface area contributed by atoms with Crippen molar-refractivity contribution in [2.75, 3.05) is 63.9 Å². The molecule has 2 aromatic heterocycles. The molecule has 0 radical (unpaired) electrons. The number of nitriles is 2. The summed E-state index contributed by atoms with van der Waals surface area (Å²) in [5.41, 5.74) is 2.91. The molecule has 0 unspecified atom stereocenters. The summed E-state index contributed by atoms with van der Waals surface area (Å²) in [6.07, 6.45) is 0. The molecule has 1 N–H and O–H groups in total. The van der Waals surface area contributed by atoms with Crippen LogP contribution >= 0.6 is 23.1 Å². The fourth-order valence-corrected chi connectivity index (χ4v) is 5.58. The van der Waals surface area contributed by atoms with Crippen LogP contribution in [0.2, 0.25) is 0 Å². The van der Waals surface area contributed by atoms with Gasteiger partial charge in [-0.15, -0.1) is 11.3 Å². The number of nitrogens with zero attached hydrogens (tertiary/aromatic N) is 5. The van der Waals surface area contributed by atoms with Gasteiger partial charge in [-0.2, -0.15) is 10.5 Å². The first-order valence-corrected chi connectivity index (χ1v) is 13.2. The van der Waals surface area contributed by atoms with Gasteiger partial charge in [0.05, 0.1) is 31.1 Å². The third-order valence-corrected chi connectivity index (χ3v) is 7.46. The van der Waals surface area contributed by atoms with Gasteiger partial charge in [0, 0.05) is 43.9 Å². The second kappa shape index (κ2) is 12.6. The molecule has 1 aliphatic rings. The van der Waals surface area contributed by atoms with E-state index in [-0.39, 0.29) is 0 Å². The molecule has 0 spiro atoms. The van der Waals surface area contributed by atoms with Crippen molar-refractivity contribution in [3.05, 3.63) is 46.5 Å². The average Bonchev–Trinajstić information content (AvgIpc) is 3.41. The topological polar surface area (TPSA) is 116 Å². The third kappa shape index (κ3) is 5.89. The predicted molar refractivity (Wildman–Crippen MR) is 141 cm³/mol. The van der Waals surface area contributed by atoms with Crippen molar-refractivity contribution < 1.29 is 14.2 Å². The largest absolute Gasteiger partial charge is 0.491 e. The summed E-state index contributed by atoms with van der Waals surface area (Å²) < 4.78 is 16.1. The summed E-state index contributed by atoms with van der Waals surface area (Å²) in [4.78, 5) is 11.6. The Morgan fingerprint density at radius 3 is 2.53 bits per heavy atom. The molecule has 3 aromatic rings. The van der Waals surface area contributed by atoms with Crippen LogP contribution in [0.15, 0.2) is 34.7 Å². The lowest BCUT2D eigenvalue weighted by atomic mass is 9.96. The Balaban J connectivity index is 1.61. The fourth-order valence-electron chi connectivity index (χ4n) is 3.72. The SMILES string of the molecule is CNc1nc(SCc2csc(N3CCOCC3)n2)c(C#N)c(-c2ccc(OCCOC)cc2)c1C#N. The van der Waals surface area contributed by atoms with E-state index in [1.165, 1.54) is 11.8 Å². The van der Waals surface area contributed by atoms with Crippen LogP contribution < -0.4 is 15.0 Å². The van der Waals surface area contributed by atoms with Crippen molar-refractivity contribution in [2.24, 2.45) is 0 Å². The highest BCUT2D eigenvalue weighted by atomic mass is 32.2. The first-order chi connectivity index (χ1) is 17.7. The second-order valence-electron chi connectivity index (χ2n) is 7.74. The molecule has 186 valence electrons. The molecule has 0 aliphatic carbocycles. The number of morpholine rings is 1. The van der Waals surface area contributed by atoms with Crippen LogP contribution in [0.3, 0.4) is 0 Å². The van der Waals surface area contributed by atoms with Crippen molar-refractivity contribution in [1.29, 1.82) is 10.5 Å². The molecule has 0 atom stereocenters. The van der Waals surface area contributed by atoms with Crippen molar-refractivity contribution in [3.63, 3.8) is 0 Å². The fraction of sp³-hybridized carbons (Fsp3) is 0.360. The normalized spacial score (nSPS) is 13.2.